The topological polar surface area (TPSA) is 9.86 Å². The Hall–Kier alpha value is -3.00. The summed E-state index contributed by atoms with van der Waals surface area (Å²) in [5.41, 5.74) is 9.01. The molecular formula is C31H36N2. The molecule has 0 radical (unpaired) electrons. The fraction of sp³-hybridized carbons (Fsp3) is 0.355. The number of fused-ring (bicyclic) bond motifs is 3. The number of rotatable bonds is 10. The molecule has 0 saturated carbocycles. The van der Waals surface area contributed by atoms with Crippen molar-refractivity contribution in [3.05, 3.63) is 108 Å². The van der Waals surface area contributed by atoms with E-state index in [4.69, 9.17) is 0 Å². The van der Waals surface area contributed by atoms with Gasteiger partial charge in [0.15, 0.2) is 0 Å². The maximum Gasteiger partial charge on any atom is 0.0470 e. The first kappa shape index (κ1) is 21.8. The molecule has 0 atom stereocenters. The summed E-state index contributed by atoms with van der Waals surface area (Å²) < 4.78 is 4.55. The van der Waals surface area contributed by atoms with Crippen molar-refractivity contribution in [2.75, 3.05) is 0 Å². The molecule has 1 aliphatic carbocycles. The normalized spacial score (nSPS) is 13.8. The molecule has 0 amide bonds. The van der Waals surface area contributed by atoms with Gasteiger partial charge in [-0.05, 0) is 70.5 Å². The monoisotopic (exact) mass is 436 g/mol. The predicted molar refractivity (Wildman–Crippen MR) is 139 cm³/mol. The molecular weight excluding hydrogens is 400 g/mol. The van der Waals surface area contributed by atoms with Crippen LogP contribution in [0.5, 0.6) is 0 Å². The zero-order valence-corrected chi connectivity index (χ0v) is 20.1. The van der Waals surface area contributed by atoms with E-state index in [1.165, 1.54) is 60.8 Å². The zero-order valence-electron chi connectivity index (χ0n) is 20.1. The average Bonchev–Trinajstić information content (AvgIpc) is 3.58. The summed E-state index contributed by atoms with van der Waals surface area (Å²) in [5.74, 6) is 0. The van der Waals surface area contributed by atoms with Crippen LogP contribution in [-0.4, -0.2) is 9.13 Å². The minimum atomic E-state index is 0.135. The first-order valence-electron chi connectivity index (χ1n) is 12.7. The highest BCUT2D eigenvalue weighted by Gasteiger charge is 2.42. The molecule has 0 bridgehead atoms. The summed E-state index contributed by atoms with van der Waals surface area (Å²) in [4.78, 5) is 0. The van der Waals surface area contributed by atoms with Crippen LogP contribution in [0.4, 0.5) is 0 Å². The molecule has 2 aromatic heterocycles. The highest BCUT2D eigenvalue weighted by Crippen LogP contribution is 2.54. The molecule has 170 valence electrons. The van der Waals surface area contributed by atoms with E-state index in [-0.39, 0.29) is 5.41 Å². The Morgan fingerprint density at radius 2 is 1.03 bits per heavy atom. The van der Waals surface area contributed by atoms with E-state index in [1.807, 2.05) is 0 Å². The number of hydrogen-bond acceptors (Lipinski definition) is 0. The lowest BCUT2D eigenvalue weighted by Crippen LogP contribution is -2.26. The van der Waals surface area contributed by atoms with E-state index in [1.54, 1.807) is 11.1 Å². The standard InChI is InChI=1S/C31H36N2/c1-3-5-15-31(16-6-4-2)29-21-25(23-32-17-7-8-18-32)11-13-27(29)28-14-12-26(22-30(28)31)24-33-19-9-10-20-33/h7-14,17-22H,3-6,15-16,23-24H2,1-2H3. The molecule has 2 heteroatoms. The summed E-state index contributed by atoms with van der Waals surface area (Å²) in [6, 6.07) is 23.0. The molecule has 33 heavy (non-hydrogen) atoms. The summed E-state index contributed by atoms with van der Waals surface area (Å²) in [5, 5.41) is 0. The van der Waals surface area contributed by atoms with Crippen molar-refractivity contribution in [2.45, 2.75) is 70.9 Å². The van der Waals surface area contributed by atoms with Crippen LogP contribution in [0.25, 0.3) is 11.1 Å². The van der Waals surface area contributed by atoms with Gasteiger partial charge in [0.1, 0.15) is 0 Å². The first-order chi connectivity index (χ1) is 16.2. The molecule has 0 spiro atoms. The number of unbranched alkanes of at least 4 members (excludes halogenated alkanes) is 2. The van der Waals surface area contributed by atoms with Crippen molar-refractivity contribution >= 4 is 0 Å². The molecule has 2 nitrogen and oxygen atoms in total. The summed E-state index contributed by atoms with van der Waals surface area (Å²) in [7, 11) is 0. The van der Waals surface area contributed by atoms with Crippen molar-refractivity contribution < 1.29 is 0 Å². The zero-order chi connectivity index (χ0) is 22.7. The van der Waals surface area contributed by atoms with Crippen molar-refractivity contribution in [1.82, 2.24) is 9.13 Å². The van der Waals surface area contributed by atoms with Gasteiger partial charge >= 0.3 is 0 Å². The van der Waals surface area contributed by atoms with Crippen LogP contribution in [0.3, 0.4) is 0 Å². The second-order valence-electron chi connectivity index (χ2n) is 9.76. The number of hydrogen-bond donors (Lipinski definition) is 0. The fourth-order valence-electron chi connectivity index (χ4n) is 5.78. The molecule has 4 aromatic rings. The van der Waals surface area contributed by atoms with Gasteiger partial charge < -0.3 is 9.13 Å². The van der Waals surface area contributed by atoms with Crippen LogP contribution < -0.4 is 0 Å². The maximum atomic E-state index is 2.53. The lowest BCUT2D eigenvalue weighted by molar-refractivity contribution is 0.414. The molecule has 2 heterocycles. The lowest BCUT2D eigenvalue weighted by Gasteiger charge is -2.33. The van der Waals surface area contributed by atoms with E-state index in [0.29, 0.717) is 0 Å². The smallest absolute Gasteiger partial charge is 0.0470 e. The minimum Gasteiger partial charge on any atom is -0.350 e. The van der Waals surface area contributed by atoms with Crippen molar-refractivity contribution in [1.29, 1.82) is 0 Å². The van der Waals surface area contributed by atoms with E-state index in [0.717, 1.165) is 13.1 Å². The minimum absolute atomic E-state index is 0.135. The Bertz CT molecular complexity index is 1090. The highest BCUT2D eigenvalue weighted by molar-refractivity contribution is 5.81. The third kappa shape index (κ3) is 4.19. The fourth-order valence-corrected chi connectivity index (χ4v) is 5.78. The molecule has 0 saturated heterocycles. The van der Waals surface area contributed by atoms with Crippen LogP contribution in [-0.2, 0) is 18.5 Å². The summed E-state index contributed by atoms with van der Waals surface area (Å²) >= 11 is 0. The van der Waals surface area contributed by atoms with E-state index in [9.17, 15) is 0 Å². The number of benzene rings is 2. The molecule has 5 rings (SSSR count). The van der Waals surface area contributed by atoms with Crippen LogP contribution in [0, 0.1) is 0 Å². The Morgan fingerprint density at radius 3 is 1.42 bits per heavy atom. The molecule has 1 aliphatic rings. The van der Waals surface area contributed by atoms with Gasteiger partial charge in [-0.15, -0.1) is 0 Å². The van der Waals surface area contributed by atoms with Gasteiger partial charge in [-0.1, -0.05) is 75.9 Å². The second kappa shape index (κ2) is 9.47. The predicted octanol–water partition coefficient (Wildman–Crippen LogP) is 8.03. The summed E-state index contributed by atoms with van der Waals surface area (Å²) in [6.45, 7) is 6.53. The molecule has 0 unspecified atom stereocenters. The van der Waals surface area contributed by atoms with Crippen molar-refractivity contribution in [3.63, 3.8) is 0 Å². The molecule has 0 fully saturated rings. The summed E-state index contributed by atoms with van der Waals surface area (Å²) in [6.07, 6.45) is 16.2. The third-order valence-electron chi connectivity index (χ3n) is 7.47. The largest absolute Gasteiger partial charge is 0.350 e. The van der Waals surface area contributed by atoms with E-state index < -0.39 is 0 Å². The van der Waals surface area contributed by atoms with E-state index >= 15 is 0 Å². The average molecular weight is 437 g/mol. The Labute approximate surface area is 198 Å². The van der Waals surface area contributed by atoms with Crippen LogP contribution in [0.1, 0.15) is 74.6 Å². The van der Waals surface area contributed by atoms with Crippen molar-refractivity contribution in [3.8, 4) is 11.1 Å². The molecule has 2 aromatic carbocycles. The SMILES string of the molecule is CCCCC1(CCCC)c2cc(Cn3cccc3)ccc2-c2ccc(Cn3cccc3)cc21. The Balaban J connectivity index is 1.61. The van der Waals surface area contributed by atoms with Gasteiger partial charge in [0.2, 0.25) is 0 Å². The van der Waals surface area contributed by atoms with Crippen LogP contribution >= 0.6 is 0 Å². The molecule has 0 aliphatic heterocycles. The Kier molecular flexibility index (Phi) is 6.26. The van der Waals surface area contributed by atoms with Gasteiger partial charge in [0.25, 0.3) is 0 Å². The van der Waals surface area contributed by atoms with Gasteiger partial charge in [-0.2, -0.15) is 0 Å². The van der Waals surface area contributed by atoms with Crippen LogP contribution in [0.2, 0.25) is 0 Å². The quantitative estimate of drug-likeness (QED) is 0.238. The molecule has 0 N–H and O–H groups in total. The van der Waals surface area contributed by atoms with E-state index in [2.05, 4.69) is 108 Å². The second-order valence-corrected chi connectivity index (χ2v) is 9.76. The first-order valence-corrected chi connectivity index (χ1v) is 12.7. The van der Waals surface area contributed by atoms with Gasteiger partial charge in [-0.3, -0.25) is 0 Å². The van der Waals surface area contributed by atoms with Gasteiger partial charge in [0, 0.05) is 43.3 Å². The van der Waals surface area contributed by atoms with Gasteiger partial charge in [-0.25, -0.2) is 0 Å². The Morgan fingerprint density at radius 1 is 0.606 bits per heavy atom. The lowest BCUT2D eigenvalue weighted by atomic mass is 9.70. The van der Waals surface area contributed by atoms with Gasteiger partial charge in [0.05, 0.1) is 0 Å². The highest BCUT2D eigenvalue weighted by atomic mass is 14.9. The third-order valence-corrected chi connectivity index (χ3v) is 7.47. The number of aromatic nitrogens is 2. The van der Waals surface area contributed by atoms with Crippen LogP contribution in [0.15, 0.2) is 85.5 Å². The van der Waals surface area contributed by atoms with Crippen molar-refractivity contribution in [2.24, 2.45) is 0 Å². The number of nitrogens with zero attached hydrogens (tertiary/aromatic N) is 2. The maximum absolute atomic E-state index is 2.53.